The van der Waals surface area contributed by atoms with Crippen molar-refractivity contribution in [2.75, 3.05) is 13.1 Å². The van der Waals surface area contributed by atoms with Crippen molar-refractivity contribution in [3.8, 4) is 12.1 Å². The smallest absolute Gasteiger partial charge is 0.342 e. The molecule has 0 unspecified atom stereocenters. The minimum absolute atomic E-state index is 0.0190. The minimum Gasteiger partial charge on any atom is -0.455 e. The van der Waals surface area contributed by atoms with Crippen LogP contribution in [0.2, 0.25) is 0 Å². The van der Waals surface area contributed by atoms with Gasteiger partial charge in [0.2, 0.25) is 0 Å². The Morgan fingerprint density at radius 1 is 1.30 bits per heavy atom. The molecule has 104 valence electrons. The molecule has 0 spiro atoms. The van der Waals surface area contributed by atoms with Gasteiger partial charge in [-0.3, -0.25) is 4.79 Å². The standard InChI is InChI=1S/C14H15N3O3/c1-14(2)10-12(18)11(13(19)20-14)4-3-7-17(8-5-15)9-6-16/h3-4,7H,8-10H2,1-2H3/b7-3+,11-4-. The summed E-state index contributed by atoms with van der Waals surface area (Å²) in [5, 5.41) is 17.1. The summed E-state index contributed by atoms with van der Waals surface area (Å²) in [7, 11) is 0. The number of ketones is 1. The van der Waals surface area contributed by atoms with E-state index in [-0.39, 0.29) is 30.9 Å². The number of nitrogens with zero attached hydrogens (tertiary/aromatic N) is 3. The highest BCUT2D eigenvalue weighted by Gasteiger charge is 2.36. The van der Waals surface area contributed by atoms with Crippen LogP contribution in [0, 0.1) is 22.7 Å². The number of ether oxygens (including phenoxy) is 1. The van der Waals surface area contributed by atoms with Crippen molar-refractivity contribution in [2.45, 2.75) is 25.9 Å². The molecule has 6 nitrogen and oxygen atoms in total. The minimum atomic E-state index is -0.775. The fourth-order valence-corrected chi connectivity index (χ4v) is 1.70. The van der Waals surface area contributed by atoms with Crippen LogP contribution < -0.4 is 0 Å². The first kappa shape index (κ1) is 15.5. The molecule has 6 heteroatoms. The van der Waals surface area contributed by atoms with E-state index in [0.29, 0.717) is 0 Å². The molecule has 0 aromatic rings. The zero-order chi connectivity index (χ0) is 15.2. The average Bonchev–Trinajstić information content (AvgIpc) is 2.31. The molecule has 0 aliphatic carbocycles. The van der Waals surface area contributed by atoms with Gasteiger partial charge >= 0.3 is 5.97 Å². The summed E-state index contributed by atoms with van der Waals surface area (Å²) in [5.41, 5.74) is -0.794. The molecule has 0 N–H and O–H groups in total. The van der Waals surface area contributed by atoms with E-state index < -0.39 is 11.6 Å². The van der Waals surface area contributed by atoms with E-state index in [1.54, 1.807) is 13.8 Å². The Balaban J connectivity index is 2.80. The maximum atomic E-state index is 11.8. The molecular weight excluding hydrogens is 258 g/mol. The second-order valence-electron chi connectivity index (χ2n) is 4.89. The highest BCUT2D eigenvalue weighted by atomic mass is 16.6. The maximum absolute atomic E-state index is 11.8. The van der Waals surface area contributed by atoms with Crippen molar-refractivity contribution >= 4 is 11.8 Å². The van der Waals surface area contributed by atoms with Gasteiger partial charge < -0.3 is 9.64 Å². The number of carbonyl (C=O) groups excluding carboxylic acids is 2. The van der Waals surface area contributed by atoms with Gasteiger partial charge in [-0.25, -0.2) is 4.79 Å². The molecule has 1 fully saturated rings. The third-order valence-electron chi connectivity index (χ3n) is 2.58. The van der Waals surface area contributed by atoms with Gasteiger partial charge in [0, 0.05) is 6.20 Å². The lowest BCUT2D eigenvalue weighted by atomic mass is 9.93. The molecule has 0 aromatic heterocycles. The molecule has 0 aromatic carbocycles. The molecule has 20 heavy (non-hydrogen) atoms. The van der Waals surface area contributed by atoms with Crippen molar-refractivity contribution < 1.29 is 14.3 Å². The third-order valence-corrected chi connectivity index (χ3v) is 2.58. The number of nitriles is 2. The van der Waals surface area contributed by atoms with Gasteiger partial charge in [-0.05, 0) is 26.0 Å². The Bertz CT molecular complexity index is 509. The quantitative estimate of drug-likeness (QED) is 0.329. The topological polar surface area (TPSA) is 94.2 Å². The predicted octanol–water partition coefficient (Wildman–Crippen LogP) is 1.07. The van der Waals surface area contributed by atoms with Gasteiger partial charge in [-0.15, -0.1) is 0 Å². The molecule has 1 aliphatic rings. The van der Waals surface area contributed by atoms with Crippen LogP contribution >= 0.6 is 0 Å². The van der Waals surface area contributed by atoms with Crippen LogP contribution in [-0.4, -0.2) is 35.3 Å². The highest BCUT2D eigenvalue weighted by Crippen LogP contribution is 2.25. The molecule has 1 saturated heterocycles. The van der Waals surface area contributed by atoms with Crippen LogP contribution in [0.5, 0.6) is 0 Å². The molecule has 1 heterocycles. The number of hydrogen-bond acceptors (Lipinski definition) is 6. The maximum Gasteiger partial charge on any atom is 0.342 e. The van der Waals surface area contributed by atoms with Crippen molar-refractivity contribution in [1.29, 1.82) is 10.5 Å². The van der Waals surface area contributed by atoms with Crippen LogP contribution in [-0.2, 0) is 14.3 Å². The van der Waals surface area contributed by atoms with E-state index in [1.165, 1.54) is 23.3 Å². The number of allylic oxidation sites excluding steroid dienone is 2. The molecule has 0 radical (unpaired) electrons. The number of rotatable bonds is 4. The summed E-state index contributed by atoms with van der Waals surface area (Å²) in [6, 6.07) is 3.83. The summed E-state index contributed by atoms with van der Waals surface area (Å²) in [6.45, 7) is 3.46. The zero-order valence-electron chi connectivity index (χ0n) is 11.4. The van der Waals surface area contributed by atoms with E-state index in [4.69, 9.17) is 15.3 Å². The summed E-state index contributed by atoms with van der Waals surface area (Å²) in [5.74, 6) is -0.925. The normalized spacial score (nSPS) is 19.5. The Kier molecular flexibility index (Phi) is 5.05. The Labute approximate surface area is 117 Å². The lowest BCUT2D eigenvalue weighted by molar-refractivity contribution is -0.159. The molecule has 1 aliphatic heterocycles. The first-order valence-electron chi connectivity index (χ1n) is 6.02. The van der Waals surface area contributed by atoms with Crippen molar-refractivity contribution in [1.82, 2.24) is 4.90 Å². The highest BCUT2D eigenvalue weighted by molar-refractivity contribution is 6.19. The third kappa shape index (κ3) is 4.25. The fraction of sp³-hybridized carbons (Fsp3) is 0.429. The number of hydrogen-bond donors (Lipinski definition) is 0. The molecule has 0 bridgehead atoms. The molecule has 1 rings (SSSR count). The Hall–Kier alpha value is -2.60. The largest absolute Gasteiger partial charge is 0.455 e. The number of esters is 1. The van der Waals surface area contributed by atoms with E-state index in [2.05, 4.69) is 0 Å². The van der Waals surface area contributed by atoms with Crippen molar-refractivity contribution in [3.63, 3.8) is 0 Å². The first-order chi connectivity index (χ1) is 9.39. The van der Waals surface area contributed by atoms with Gasteiger partial charge in [-0.1, -0.05) is 0 Å². The summed E-state index contributed by atoms with van der Waals surface area (Å²) in [4.78, 5) is 25.0. The zero-order valence-corrected chi connectivity index (χ0v) is 11.4. The summed E-state index contributed by atoms with van der Waals surface area (Å²) in [6.07, 6.45) is 4.43. The van der Waals surface area contributed by atoms with Crippen molar-refractivity contribution in [2.24, 2.45) is 0 Å². The van der Waals surface area contributed by atoms with Crippen LogP contribution in [0.4, 0.5) is 0 Å². The van der Waals surface area contributed by atoms with Gasteiger partial charge in [0.25, 0.3) is 0 Å². The van der Waals surface area contributed by atoms with Gasteiger partial charge in [0.1, 0.15) is 24.3 Å². The number of carbonyl (C=O) groups is 2. The first-order valence-corrected chi connectivity index (χ1v) is 6.02. The SMILES string of the molecule is CC1(C)CC(=O)/C(=C/C=C/N(CC#N)CC#N)C(=O)O1. The van der Waals surface area contributed by atoms with Gasteiger partial charge in [0.05, 0.1) is 18.6 Å². The second-order valence-corrected chi connectivity index (χ2v) is 4.89. The summed E-state index contributed by atoms with van der Waals surface area (Å²) >= 11 is 0. The fourth-order valence-electron chi connectivity index (χ4n) is 1.70. The van der Waals surface area contributed by atoms with E-state index in [1.807, 2.05) is 12.1 Å². The second kappa shape index (κ2) is 6.53. The van der Waals surface area contributed by atoms with Crippen LogP contribution in [0.1, 0.15) is 20.3 Å². The van der Waals surface area contributed by atoms with Crippen LogP contribution in [0.15, 0.2) is 23.9 Å². The lowest BCUT2D eigenvalue weighted by Crippen LogP contribution is -2.39. The molecule has 0 atom stereocenters. The molecule has 0 amide bonds. The van der Waals surface area contributed by atoms with Crippen molar-refractivity contribution in [3.05, 3.63) is 23.9 Å². The number of Topliss-reactive ketones (excluding diaryl/α,β-unsaturated/α-hetero) is 1. The monoisotopic (exact) mass is 273 g/mol. The van der Waals surface area contributed by atoms with Crippen LogP contribution in [0.3, 0.4) is 0 Å². The van der Waals surface area contributed by atoms with Gasteiger partial charge in [-0.2, -0.15) is 10.5 Å². The average molecular weight is 273 g/mol. The van der Waals surface area contributed by atoms with Gasteiger partial charge in [0.15, 0.2) is 5.78 Å². The van der Waals surface area contributed by atoms with Crippen LogP contribution in [0.25, 0.3) is 0 Å². The Morgan fingerprint density at radius 3 is 2.40 bits per heavy atom. The molecular formula is C14H15N3O3. The van der Waals surface area contributed by atoms with E-state index in [9.17, 15) is 9.59 Å². The Morgan fingerprint density at radius 2 is 1.90 bits per heavy atom. The molecule has 0 saturated carbocycles. The lowest BCUT2D eigenvalue weighted by Gasteiger charge is -2.29. The summed E-state index contributed by atoms with van der Waals surface area (Å²) < 4.78 is 5.13. The van der Waals surface area contributed by atoms with E-state index >= 15 is 0 Å². The van der Waals surface area contributed by atoms with E-state index in [0.717, 1.165) is 0 Å². The number of cyclic esters (lactones) is 1. The predicted molar refractivity (Wildman–Crippen MR) is 69.8 cm³/mol.